The lowest BCUT2D eigenvalue weighted by molar-refractivity contribution is 0.901. The number of aryl methyl sites for hydroxylation is 1. The van der Waals surface area contributed by atoms with Gasteiger partial charge in [-0.2, -0.15) is 0 Å². The van der Waals surface area contributed by atoms with Gasteiger partial charge in [0.05, 0.1) is 10.2 Å². The zero-order valence-electron chi connectivity index (χ0n) is 9.52. The van der Waals surface area contributed by atoms with Gasteiger partial charge in [0.2, 0.25) is 0 Å². The molecule has 0 aliphatic heterocycles. The van der Waals surface area contributed by atoms with Crippen molar-refractivity contribution in [2.45, 2.75) is 19.8 Å². The van der Waals surface area contributed by atoms with E-state index in [9.17, 15) is 0 Å². The highest BCUT2D eigenvalue weighted by Crippen LogP contribution is 2.22. The lowest BCUT2D eigenvalue weighted by Crippen LogP contribution is -2.05. The van der Waals surface area contributed by atoms with Crippen molar-refractivity contribution in [2.75, 3.05) is 5.73 Å². The normalized spacial score (nSPS) is 10.5. The molecule has 0 saturated carbocycles. The van der Waals surface area contributed by atoms with Crippen LogP contribution in [0.2, 0.25) is 0 Å². The second kappa shape index (κ2) is 5.23. The highest BCUT2D eigenvalue weighted by Gasteiger charge is 2.08. The Balaban J connectivity index is 2.31. The molecule has 0 aliphatic rings. The molecule has 17 heavy (non-hydrogen) atoms. The first-order valence-electron chi connectivity index (χ1n) is 5.40. The molecule has 2 heterocycles. The smallest absolute Gasteiger partial charge is 0.141 e. The Morgan fingerprint density at radius 2 is 1.94 bits per heavy atom. The van der Waals surface area contributed by atoms with Crippen molar-refractivity contribution in [2.24, 2.45) is 0 Å². The van der Waals surface area contributed by atoms with Gasteiger partial charge in [0.15, 0.2) is 0 Å². The largest absolute Gasteiger partial charge is 0.383 e. The fourth-order valence-electron chi connectivity index (χ4n) is 1.56. The standard InChI is InChI=1S/C12H13BrN4/c1-2-9-11(13)12(14)17-10(16-9)7-8-3-5-15-6-4-8/h3-6H,2,7H2,1H3,(H2,14,16,17). The number of rotatable bonds is 3. The summed E-state index contributed by atoms with van der Waals surface area (Å²) in [6, 6.07) is 3.90. The number of aromatic nitrogens is 3. The highest BCUT2D eigenvalue weighted by atomic mass is 79.9. The molecule has 88 valence electrons. The minimum absolute atomic E-state index is 0.501. The molecule has 4 nitrogen and oxygen atoms in total. The Labute approximate surface area is 108 Å². The highest BCUT2D eigenvalue weighted by molar-refractivity contribution is 9.10. The van der Waals surface area contributed by atoms with Crippen LogP contribution >= 0.6 is 15.9 Å². The molecule has 0 amide bonds. The molecule has 2 aromatic heterocycles. The van der Waals surface area contributed by atoms with Gasteiger partial charge in [-0.15, -0.1) is 0 Å². The summed E-state index contributed by atoms with van der Waals surface area (Å²) in [5.41, 5.74) is 7.91. The molecule has 0 unspecified atom stereocenters. The van der Waals surface area contributed by atoms with Crippen molar-refractivity contribution in [3.63, 3.8) is 0 Å². The van der Waals surface area contributed by atoms with Crippen molar-refractivity contribution in [1.29, 1.82) is 0 Å². The maximum atomic E-state index is 5.84. The molecule has 0 aliphatic carbocycles. The first kappa shape index (κ1) is 12.0. The molecule has 5 heteroatoms. The summed E-state index contributed by atoms with van der Waals surface area (Å²) in [6.45, 7) is 2.04. The predicted molar refractivity (Wildman–Crippen MR) is 70.6 cm³/mol. The number of hydrogen-bond donors (Lipinski definition) is 1. The fourth-order valence-corrected chi connectivity index (χ4v) is 2.02. The Morgan fingerprint density at radius 1 is 1.24 bits per heavy atom. The Morgan fingerprint density at radius 3 is 2.59 bits per heavy atom. The zero-order valence-corrected chi connectivity index (χ0v) is 11.1. The van der Waals surface area contributed by atoms with Crippen molar-refractivity contribution >= 4 is 21.7 Å². The van der Waals surface area contributed by atoms with E-state index in [0.29, 0.717) is 12.2 Å². The number of pyridine rings is 1. The molecule has 0 fully saturated rings. The lowest BCUT2D eigenvalue weighted by atomic mass is 10.2. The van der Waals surface area contributed by atoms with E-state index in [4.69, 9.17) is 5.73 Å². The van der Waals surface area contributed by atoms with Crippen LogP contribution in [-0.4, -0.2) is 15.0 Å². The SMILES string of the molecule is CCc1nc(Cc2ccncc2)nc(N)c1Br. The fraction of sp³-hybridized carbons (Fsp3) is 0.250. The van der Waals surface area contributed by atoms with Gasteiger partial charge < -0.3 is 5.73 Å². The Bertz CT molecular complexity index is 513. The predicted octanol–water partition coefficient (Wildman–Crippen LogP) is 2.37. The Hall–Kier alpha value is -1.49. The maximum Gasteiger partial charge on any atom is 0.141 e. The molecule has 0 atom stereocenters. The van der Waals surface area contributed by atoms with Crippen LogP contribution in [0.25, 0.3) is 0 Å². The number of anilines is 1. The summed E-state index contributed by atoms with van der Waals surface area (Å²) in [4.78, 5) is 12.7. The molecule has 2 aromatic rings. The number of halogens is 1. The van der Waals surface area contributed by atoms with E-state index in [0.717, 1.165) is 28.0 Å². The minimum atomic E-state index is 0.501. The van der Waals surface area contributed by atoms with Crippen LogP contribution in [0, 0.1) is 0 Å². The van der Waals surface area contributed by atoms with Gasteiger partial charge in [0.25, 0.3) is 0 Å². The average molecular weight is 293 g/mol. The van der Waals surface area contributed by atoms with E-state index >= 15 is 0 Å². The van der Waals surface area contributed by atoms with Crippen molar-refractivity contribution < 1.29 is 0 Å². The van der Waals surface area contributed by atoms with E-state index in [1.807, 2.05) is 19.1 Å². The third-order valence-corrected chi connectivity index (χ3v) is 3.30. The van der Waals surface area contributed by atoms with E-state index < -0.39 is 0 Å². The monoisotopic (exact) mass is 292 g/mol. The lowest BCUT2D eigenvalue weighted by Gasteiger charge is -2.07. The van der Waals surface area contributed by atoms with Crippen LogP contribution in [0.15, 0.2) is 29.0 Å². The van der Waals surface area contributed by atoms with Gasteiger partial charge >= 0.3 is 0 Å². The molecule has 2 N–H and O–H groups in total. The summed E-state index contributed by atoms with van der Waals surface area (Å²) in [7, 11) is 0. The molecule has 0 aromatic carbocycles. The number of nitrogens with two attached hydrogens (primary N) is 1. The first-order chi connectivity index (χ1) is 8.20. The third kappa shape index (κ3) is 2.79. The third-order valence-electron chi connectivity index (χ3n) is 2.44. The number of hydrogen-bond acceptors (Lipinski definition) is 4. The van der Waals surface area contributed by atoms with Gasteiger partial charge in [0, 0.05) is 18.8 Å². The van der Waals surface area contributed by atoms with Crippen LogP contribution in [0.4, 0.5) is 5.82 Å². The second-order valence-corrected chi connectivity index (χ2v) is 4.46. The van der Waals surface area contributed by atoms with Crippen LogP contribution < -0.4 is 5.73 Å². The van der Waals surface area contributed by atoms with E-state index in [1.54, 1.807) is 12.4 Å². The van der Waals surface area contributed by atoms with Gasteiger partial charge in [-0.1, -0.05) is 6.92 Å². The second-order valence-electron chi connectivity index (χ2n) is 3.67. The maximum absolute atomic E-state index is 5.84. The number of nitrogens with zero attached hydrogens (tertiary/aromatic N) is 3. The van der Waals surface area contributed by atoms with Gasteiger partial charge in [-0.25, -0.2) is 9.97 Å². The van der Waals surface area contributed by atoms with E-state index in [1.165, 1.54) is 0 Å². The van der Waals surface area contributed by atoms with Crippen LogP contribution in [0.5, 0.6) is 0 Å². The molecule has 0 saturated heterocycles. The molecule has 0 radical (unpaired) electrons. The van der Waals surface area contributed by atoms with Crippen molar-refractivity contribution in [3.8, 4) is 0 Å². The molecular weight excluding hydrogens is 280 g/mol. The van der Waals surface area contributed by atoms with Crippen LogP contribution in [-0.2, 0) is 12.8 Å². The van der Waals surface area contributed by atoms with Gasteiger partial charge in [-0.05, 0) is 40.0 Å². The first-order valence-corrected chi connectivity index (χ1v) is 6.19. The van der Waals surface area contributed by atoms with Crippen molar-refractivity contribution in [1.82, 2.24) is 15.0 Å². The van der Waals surface area contributed by atoms with Crippen LogP contribution in [0.3, 0.4) is 0 Å². The van der Waals surface area contributed by atoms with Gasteiger partial charge in [0.1, 0.15) is 11.6 Å². The molecule has 0 spiro atoms. The quantitative estimate of drug-likeness (QED) is 0.943. The zero-order chi connectivity index (χ0) is 12.3. The summed E-state index contributed by atoms with van der Waals surface area (Å²) >= 11 is 3.40. The van der Waals surface area contributed by atoms with Gasteiger partial charge in [-0.3, -0.25) is 4.98 Å². The van der Waals surface area contributed by atoms with Crippen molar-refractivity contribution in [3.05, 3.63) is 46.1 Å². The minimum Gasteiger partial charge on any atom is -0.383 e. The molecule has 0 bridgehead atoms. The summed E-state index contributed by atoms with van der Waals surface area (Å²) < 4.78 is 0.804. The van der Waals surface area contributed by atoms with Crippen LogP contribution in [0.1, 0.15) is 24.0 Å². The topological polar surface area (TPSA) is 64.7 Å². The summed E-state index contributed by atoms with van der Waals surface area (Å²) in [5.74, 6) is 1.25. The molecule has 2 rings (SSSR count). The van der Waals surface area contributed by atoms with E-state index in [-0.39, 0.29) is 0 Å². The Kier molecular flexibility index (Phi) is 3.68. The number of nitrogen functional groups attached to an aromatic ring is 1. The average Bonchev–Trinajstić information content (AvgIpc) is 2.35. The van der Waals surface area contributed by atoms with E-state index in [2.05, 4.69) is 30.9 Å². The summed E-state index contributed by atoms with van der Waals surface area (Å²) in [5, 5.41) is 0. The molecular formula is C12H13BrN4. The summed E-state index contributed by atoms with van der Waals surface area (Å²) in [6.07, 6.45) is 5.03.